The molecule has 1 atom stereocenters. The third-order valence-electron chi connectivity index (χ3n) is 5.19. The molecule has 0 bridgehead atoms. The monoisotopic (exact) mass is 376 g/mol. The zero-order chi connectivity index (χ0) is 19.3. The predicted octanol–water partition coefficient (Wildman–Crippen LogP) is 3.84. The lowest BCUT2D eigenvalue weighted by Crippen LogP contribution is -2.19. The van der Waals surface area contributed by atoms with Crippen LogP contribution in [0.3, 0.4) is 0 Å². The van der Waals surface area contributed by atoms with Crippen LogP contribution >= 0.6 is 0 Å². The maximum atomic E-state index is 6.10. The van der Waals surface area contributed by atoms with Gasteiger partial charge in [0.2, 0.25) is 5.89 Å². The van der Waals surface area contributed by atoms with Gasteiger partial charge in [0, 0.05) is 11.3 Å². The molecule has 1 unspecified atom stereocenters. The summed E-state index contributed by atoms with van der Waals surface area (Å²) in [4.78, 5) is 4.69. The summed E-state index contributed by atoms with van der Waals surface area (Å²) in [5, 5.41) is 6.98. The first kappa shape index (κ1) is 16.7. The number of methoxy groups -OCH3 is 1. The van der Waals surface area contributed by atoms with E-state index in [4.69, 9.17) is 19.6 Å². The second kappa shape index (κ2) is 6.30. The summed E-state index contributed by atoms with van der Waals surface area (Å²) in [6.45, 7) is 2.48. The molecule has 3 N–H and O–H groups in total. The number of H-pyrrole nitrogens is 1. The average molecular weight is 376 g/mol. The standard InChI is InChI=1S/C21H20N4O3/c1-11-19(20(22)25-24-11)12-3-5-16-18(9-12)28-21(23-16)14-7-13-8-15(26-2)4-6-17(13)27-10-14/h3-6,8-9,14H,7,10H2,1-2H3,(H3,22,24,25). The summed E-state index contributed by atoms with van der Waals surface area (Å²) >= 11 is 0. The van der Waals surface area contributed by atoms with Crippen molar-refractivity contribution in [2.24, 2.45) is 0 Å². The number of aromatic amines is 1. The number of ether oxygens (including phenoxy) is 2. The molecule has 3 heterocycles. The molecule has 0 aliphatic carbocycles. The quantitative estimate of drug-likeness (QED) is 0.564. The van der Waals surface area contributed by atoms with Crippen LogP contribution in [0.5, 0.6) is 11.5 Å². The van der Waals surface area contributed by atoms with E-state index in [9.17, 15) is 0 Å². The normalized spacial score (nSPS) is 16.0. The minimum atomic E-state index is 0.0520. The topological polar surface area (TPSA) is 99.2 Å². The Kier molecular flexibility index (Phi) is 3.75. The van der Waals surface area contributed by atoms with Gasteiger partial charge in [0.1, 0.15) is 23.6 Å². The van der Waals surface area contributed by atoms with Gasteiger partial charge in [-0.2, -0.15) is 5.10 Å². The fourth-order valence-corrected chi connectivity index (χ4v) is 3.74. The molecule has 28 heavy (non-hydrogen) atoms. The molecule has 0 amide bonds. The first-order valence-corrected chi connectivity index (χ1v) is 9.13. The molecule has 2 aromatic heterocycles. The van der Waals surface area contributed by atoms with Crippen LogP contribution in [0, 0.1) is 6.92 Å². The number of nitrogens with zero attached hydrogens (tertiary/aromatic N) is 2. The number of aromatic nitrogens is 3. The van der Waals surface area contributed by atoms with E-state index in [2.05, 4.69) is 15.2 Å². The summed E-state index contributed by atoms with van der Waals surface area (Å²) in [5.74, 6) is 2.91. The van der Waals surface area contributed by atoms with Gasteiger partial charge in [-0.1, -0.05) is 6.07 Å². The van der Waals surface area contributed by atoms with E-state index in [1.165, 1.54) is 0 Å². The molecule has 0 saturated carbocycles. The van der Waals surface area contributed by atoms with E-state index >= 15 is 0 Å². The SMILES string of the molecule is COc1ccc2c(c1)CC(c1nc3ccc(-c4c(N)n[nH]c4C)cc3o1)CO2. The van der Waals surface area contributed by atoms with E-state index in [1.807, 2.05) is 43.3 Å². The molecule has 5 rings (SSSR count). The fraction of sp³-hybridized carbons (Fsp3) is 0.238. The Balaban J connectivity index is 1.48. The molecule has 142 valence electrons. The van der Waals surface area contributed by atoms with Crippen molar-refractivity contribution in [1.82, 2.24) is 15.2 Å². The van der Waals surface area contributed by atoms with Crippen molar-refractivity contribution in [2.45, 2.75) is 19.3 Å². The minimum absolute atomic E-state index is 0.0520. The summed E-state index contributed by atoms with van der Waals surface area (Å²) < 4.78 is 17.3. The molecule has 4 aromatic rings. The molecule has 0 spiro atoms. The van der Waals surface area contributed by atoms with Gasteiger partial charge >= 0.3 is 0 Å². The van der Waals surface area contributed by atoms with Gasteiger partial charge in [-0.3, -0.25) is 5.10 Å². The lowest BCUT2D eigenvalue weighted by Gasteiger charge is -2.23. The third-order valence-corrected chi connectivity index (χ3v) is 5.19. The number of hydrogen-bond acceptors (Lipinski definition) is 6. The maximum Gasteiger partial charge on any atom is 0.202 e. The molecule has 2 aromatic carbocycles. The Labute approximate surface area is 161 Å². The molecule has 0 radical (unpaired) electrons. The molecule has 1 aliphatic rings. The third kappa shape index (κ3) is 2.67. The second-order valence-electron chi connectivity index (χ2n) is 7.03. The summed E-state index contributed by atoms with van der Waals surface area (Å²) in [6.07, 6.45) is 0.792. The Morgan fingerprint density at radius 3 is 2.89 bits per heavy atom. The van der Waals surface area contributed by atoms with Crippen LogP contribution in [0.4, 0.5) is 5.82 Å². The lowest BCUT2D eigenvalue weighted by atomic mass is 9.96. The van der Waals surface area contributed by atoms with Crippen molar-refractivity contribution in [1.29, 1.82) is 0 Å². The number of nitrogens with one attached hydrogen (secondary N) is 1. The highest BCUT2D eigenvalue weighted by atomic mass is 16.5. The number of oxazole rings is 1. The van der Waals surface area contributed by atoms with Gasteiger partial charge in [0.25, 0.3) is 0 Å². The number of anilines is 1. The van der Waals surface area contributed by atoms with Gasteiger partial charge in [-0.05, 0) is 54.8 Å². The van der Waals surface area contributed by atoms with Gasteiger partial charge in [0.15, 0.2) is 11.4 Å². The largest absolute Gasteiger partial charge is 0.497 e. The number of nitrogens with two attached hydrogens (primary N) is 1. The first-order valence-electron chi connectivity index (χ1n) is 9.13. The molecule has 0 saturated heterocycles. The molecular formula is C21H20N4O3. The van der Waals surface area contributed by atoms with Crippen molar-refractivity contribution in [3.63, 3.8) is 0 Å². The van der Waals surface area contributed by atoms with Crippen LogP contribution in [-0.4, -0.2) is 28.9 Å². The minimum Gasteiger partial charge on any atom is -0.497 e. The van der Waals surface area contributed by atoms with Crippen molar-refractivity contribution in [2.75, 3.05) is 19.5 Å². The highest BCUT2D eigenvalue weighted by Crippen LogP contribution is 2.36. The number of rotatable bonds is 3. The van der Waals surface area contributed by atoms with Crippen LogP contribution in [0.15, 0.2) is 40.8 Å². The number of nitrogen functional groups attached to an aromatic ring is 1. The van der Waals surface area contributed by atoms with Gasteiger partial charge in [0.05, 0.1) is 13.0 Å². The van der Waals surface area contributed by atoms with Gasteiger partial charge in [-0.25, -0.2) is 4.98 Å². The number of benzene rings is 2. The van der Waals surface area contributed by atoms with Crippen molar-refractivity contribution in [3.05, 3.63) is 53.5 Å². The lowest BCUT2D eigenvalue weighted by molar-refractivity contribution is 0.243. The van der Waals surface area contributed by atoms with Crippen molar-refractivity contribution < 1.29 is 13.9 Å². The van der Waals surface area contributed by atoms with Crippen molar-refractivity contribution in [3.8, 4) is 22.6 Å². The Hall–Kier alpha value is -3.48. The van der Waals surface area contributed by atoms with E-state index in [0.29, 0.717) is 18.3 Å². The first-order chi connectivity index (χ1) is 13.6. The van der Waals surface area contributed by atoms with E-state index in [0.717, 1.165) is 51.4 Å². The molecule has 7 nitrogen and oxygen atoms in total. The number of fused-ring (bicyclic) bond motifs is 2. The van der Waals surface area contributed by atoms with Gasteiger partial charge < -0.3 is 19.6 Å². The van der Waals surface area contributed by atoms with E-state index in [-0.39, 0.29) is 5.92 Å². The Morgan fingerprint density at radius 1 is 1.21 bits per heavy atom. The maximum absolute atomic E-state index is 6.10. The van der Waals surface area contributed by atoms with Gasteiger partial charge in [-0.15, -0.1) is 0 Å². The molecule has 0 fully saturated rings. The highest BCUT2D eigenvalue weighted by molar-refractivity contribution is 5.84. The average Bonchev–Trinajstić information content (AvgIpc) is 3.29. The van der Waals surface area contributed by atoms with Crippen LogP contribution in [0.25, 0.3) is 22.2 Å². The highest BCUT2D eigenvalue weighted by Gasteiger charge is 2.26. The summed E-state index contributed by atoms with van der Waals surface area (Å²) in [5.41, 5.74) is 11.4. The molecular weight excluding hydrogens is 356 g/mol. The summed E-state index contributed by atoms with van der Waals surface area (Å²) in [7, 11) is 1.66. The number of hydrogen-bond donors (Lipinski definition) is 2. The van der Waals surface area contributed by atoms with Crippen LogP contribution < -0.4 is 15.2 Å². The predicted molar refractivity (Wildman–Crippen MR) is 106 cm³/mol. The molecule has 1 aliphatic heterocycles. The Bertz CT molecular complexity index is 1160. The van der Waals surface area contributed by atoms with Crippen molar-refractivity contribution >= 4 is 16.9 Å². The Morgan fingerprint density at radius 2 is 2.11 bits per heavy atom. The zero-order valence-electron chi connectivity index (χ0n) is 15.7. The number of aryl methyl sites for hydroxylation is 1. The van der Waals surface area contributed by atoms with E-state index in [1.54, 1.807) is 7.11 Å². The van der Waals surface area contributed by atoms with Crippen LogP contribution in [-0.2, 0) is 6.42 Å². The second-order valence-corrected chi connectivity index (χ2v) is 7.03. The smallest absolute Gasteiger partial charge is 0.202 e. The van der Waals surface area contributed by atoms with E-state index < -0.39 is 0 Å². The van der Waals surface area contributed by atoms with Crippen LogP contribution in [0.1, 0.15) is 23.1 Å². The summed E-state index contributed by atoms with van der Waals surface area (Å²) in [6, 6.07) is 11.8. The fourth-order valence-electron chi connectivity index (χ4n) is 3.74. The zero-order valence-corrected chi connectivity index (χ0v) is 15.7. The molecule has 7 heteroatoms. The van der Waals surface area contributed by atoms with Crippen LogP contribution in [0.2, 0.25) is 0 Å².